The molecule has 0 saturated heterocycles. The number of nitrogens with one attached hydrogen (secondary N) is 1. The predicted octanol–water partition coefficient (Wildman–Crippen LogP) is 3.49. The summed E-state index contributed by atoms with van der Waals surface area (Å²) in [5.41, 5.74) is 10.1. The van der Waals surface area contributed by atoms with Gasteiger partial charge in [0.05, 0.1) is 7.11 Å². The van der Waals surface area contributed by atoms with Gasteiger partial charge in [0.15, 0.2) is 0 Å². The monoisotopic (exact) mass is 314 g/mol. The molecule has 3 N–H and O–H groups in total. The summed E-state index contributed by atoms with van der Waals surface area (Å²) in [7, 11) is 1.70. The molecule has 5 nitrogen and oxygen atoms in total. The van der Waals surface area contributed by atoms with E-state index in [1.165, 1.54) is 5.56 Å². The first-order valence-corrected chi connectivity index (χ1v) is 8.05. The summed E-state index contributed by atoms with van der Waals surface area (Å²) < 4.78 is 5.51. The molecule has 2 rings (SSSR count). The van der Waals surface area contributed by atoms with Gasteiger partial charge in [0.2, 0.25) is 5.95 Å². The molecule has 0 amide bonds. The van der Waals surface area contributed by atoms with E-state index < -0.39 is 0 Å². The summed E-state index contributed by atoms with van der Waals surface area (Å²) in [5, 5.41) is 3.39. The van der Waals surface area contributed by atoms with Gasteiger partial charge in [-0.2, -0.15) is 4.98 Å². The van der Waals surface area contributed by atoms with E-state index in [4.69, 9.17) is 10.5 Å². The van der Waals surface area contributed by atoms with Crippen molar-refractivity contribution < 1.29 is 4.74 Å². The van der Waals surface area contributed by atoms with Gasteiger partial charge in [-0.3, -0.25) is 0 Å². The summed E-state index contributed by atoms with van der Waals surface area (Å²) in [6.07, 6.45) is 2.94. The van der Waals surface area contributed by atoms with Gasteiger partial charge in [0.25, 0.3) is 0 Å². The molecule has 1 aromatic heterocycles. The van der Waals surface area contributed by atoms with Crippen molar-refractivity contribution in [3.63, 3.8) is 0 Å². The Balaban J connectivity index is 2.34. The van der Waals surface area contributed by atoms with Gasteiger partial charge >= 0.3 is 0 Å². The maximum absolute atomic E-state index is 5.81. The number of unbranched alkanes of at least 4 members (excludes halogenated alkanes) is 1. The van der Waals surface area contributed by atoms with Gasteiger partial charge in [-0.25, -0.2) is 4.98 Å². The Bertz CT molecular complexity index is 670. The van der Waals surface area contributed by atoms with Crippen LogP contribution in [0.3, 0.4) is 0 Å². The van der Waals surface area contributed by atoms with Crippen LogP contribution in [0, 0.1) is 13.8 Å². The number of benzene rings is 1. The van der Waals surface area contributed by atoms with Gasteiger partial charge in [-0.1, -0.05) is 25.5 Å². The fourth-order valence-corrected chi connectivity index (χ4v) is 2.55. The highest BCUT2D eigenvalue weighted by Crippen LogP contribution is 2.27. The Labute approximate surface area is 138 Å². The molecule has 2 aromatic rings. The Morgan fingerprint density at radius 2 is 2.00 bits per heavy atom. The summed E-state index contributed by atoms with van der Waals surface area (Å²) in [6, 6.07) is 6.24. The van der Waals surface area contributed by atoms with E-state index in [-0.39, 0.29) is 0 Å². The van der Waals surface area contributed by atoms with Crippen molar-refractivity contribution in [2.75, 3.05) is 24.7 Å². The molecule has 0 fully saturated rings. The normalized spacial score (nSPS) is 10.6. The van der Waals surface area contributed by atoms with E-state index in [2.05, 4.69) is 41.3 Å². The number of anilines is 2. The van der Waals surface area contributed by atoms with Gasteiger partial charge in [-0.05, 0) is 37.5 Å². The zero-order valence-electron chi connectivity index (χ0n) is 14.4. The standard InChI is InChI=1S/C18H26N4O/c1-5-6-9-20-17-15(13(3)21-18(19)22-17)11-14-8-7-12(2)10-16(14)23-4/h7-8,10H,5-6,9,11H2,1-4H3,(H3,19,20,21,22). The number of hydrogen-bond acceptors (Lipinski definition) is 5. The van der Waals surface area contributed by atoms with Crippen LogP contribution >= 0.6 is 0 Å². The molecule has 0 spiro atoms. The third-order valence-electron chi connectivity index (χ3n) is 3.86. The molecule has 5 heteroatoms. The molecule has 1 heterocycles. The molecule has 0 aliphatic carbocycles. The summed E-state index contributed by atoms with van der Waals surface area (Å²) in [4.78, 5) is 8.71. The minimum atomic E-state index is 0.307. The molecule has 124 valence electrons. The van der Waals surface area contributed by atoms with Gasteiger partial charge < -0.3 is 15.8 Å². The highest BCUT2D eigenvalue weighted by atomic mass is 16.5. The van der Waals surface area contributed by atoms with Crippen LogP contribution in [-0.2, 0) is 6.42 Å². The lowest BCUT2D eigenvalue weighted by atomic mass is 10.0. The van der Waals surface area contributed by atoms with Crippen molar-refractivity contribution in [3.05, 3.63) is 40.6 Å². The minimum Gasteiger partial charge on any atom is -0.496 e. The van der Waals surface area contributed by atoms with Crippen molar-refractivity contribution >= 4 is 11.8 Å². The second-order valence-electron chi connectivity index (χ2n) is 5.77. The van der Waals surface area contributed by atoms with Crippen LogP contribution in [0.4, 0.5) is 11.8 Å². The first kappa shape index (κ1) is 17.1. The van der Waals surface area contributed by atoms with E-state index >= 15 is 0 Å². The predicted molar refractivity (Wildman–Crippen MR) is 95.1 cm³/mol. The summed E-state index contributed by atoms with van der Waals surface area (Å²) in [6.45, 7) is 7.07. The summed E-state index contributed by atoms with van der Waals surface area (Å²) in [5.74, 6) is 2.02. The average Bonchev–Trinajstić information content (AvgIpc) is 2.51. The molecule has 1 aromatic carbocycles. The zero-order valence-corrected chi connectivity index (χ0v) is 14.4. The second kappa shape index (κ2) is 7.81. The molecule has 0 radical (unpaired) electrons. The molecule has 0 aliphatic heterocycles. The van der Waals surface area contributed by atoms with Gasteiger partial charge in [0, 0.05) is 24.2 Å². The molecule has 0 unspecified atom stereocenters. The highest BCUT2D eigenvalue weighted by Gasteiger charge is 2.13. The Morgan fingerprint density at radius 3 is 2.70 bits per heavy atom. The number of hydrogen-bond donors (Lipinski definition) is 2. The number of nitrogen functional groups attached to an aromatic ring is 1. The van der Waals surface area contributed by atoms with Crippen LogP contribution in [-0.4, -0.2) is 23.6 Å². The number of aromatic nitrogens is 2. The molecular weight excluding hydrogens is 288 g/mol. The van der Waals surface area contributed by atoms with Crippen LogP contribution in [0.2, 0.25) is 0 Å². The minimum absolute atomic E-state index is 0.307. The number of rotatable bonds is 7. The molecule has 0 aliphatic rings. The third kappa shape index (κ3) is 4.34. The quantitative estimate of drug-likeness (QED) is 0.765. The van der Waals surface area contributed by atoms with E-state index in [0.29, 0.717) is 12.4 Å². The van der Waals surface area contributed by atoms with E-state index in [1.54, 1.807) is 7.11 Å². The van der Waals surface area contributed by atoms with Crippen LogP contribution in [0.25, 0.3) is 0 Å². The van der Waals surface area contributed by atoms with E-state index in [9.17, 15) is 0 Å². The number of nitrogens with zero attached hydrogens (tertiary/aromatic N) is 2. The van der Waals surface area contributed by atoms with Crippen LogP contribution in [0.1, 0.15) is 42.1 Å². The fraction of sp³-hybridized carbons (Fsp3) is 0.444. The number of nitrogens with two attached hydrogens (primary N) is 1. The SMILES string of the molecule is CCCCNc1nc(N)nc(C)c1Cc1ccc(C)cc1OC. The topological polar surface area (TPSA) is 73.1 Å². The van der Waals surface area contributed by atoms with Crippen molar-refractivity contribution in [1.29, 1.82) is 0 Å². The second-order valence-corrected chi connectivity index (χ2v) is 5.77. The maximum Gasteiger partial charge on any atom is 0.222 e. The molecule has 0 saturated carbocycles. The third-order valence-corrected chi connectivity index (χ3v) is 3.86. The average molecular weight is 314 g/mol. The number of methoxy groups -OCH3 is 1. The molecule has 23 heavy (non-hydrogen) atoms. The maximum atomic E-state index is 5.81. The largest absolute Gasteiger partial charge is 0.496 e. The summed E-state index contributed by atoms with van der Waals surface area (Å²) >= 11 is 0. The van der Waals surface area contributed by atoms with Crippen molar-refractivity contribution in [2.24, 2.45) is 0 Å². The Hall–Kier alpha value is -2.30. The first-order valence-electron chi connectivity index (χ1n) is 8.05. The van der Waals surface area contributed by atoms with E-state index in [1.807, 2.05) is 13.0 Å². The highest BCUT2D eigenvalue weighted by molar-refractivity contribution is 5.53. The number of aryl methyl sites for hydroxylation is 2. The lowest BCUT2D eigenvalue weighted by Crippen LogP contribution is -2.11. The fourth-order valence-electron chi connectivity index (χ4n) is 2.55. The van der Waals surface area contributed by atoms with Crippen LogP contribution in [0.5, 0.6) is 5.75 Å². The van der Waals surface area contributed by atoms with Crippen molar-refractivity contribution in [1.82, 2.24) is 9.97 Å². The first-order chi connectivity index (χ1) is 11.0. The lowest BCUT2D eigenvalue weighted by molar-refractivity contribution is 0.410. The zero-order chi connectivity index (χ0) is 16.8. The lowest BCUT2D eigenvalue weighted by Gasteiger charge is -2.15. The van der Waals surface area contributed by atoms with Crippen LogP contribution in [0.15, 0.2) is 18.2 Å². The van der Waals surface area contributed by atoms with Crippen LogP contribution < -0.4 is 15.8 Å². The molecule has 0 atom stereocenters. The van der Waals surface area contributed by atoms with Crippen molar-refractivity contribution in [3.8, 4) is 5.75 Å². The van der Waals surface area contributed by atoms with Crippen molar-refractivity contribution in [2.45, 2.75) is 40.0 Å². The molecular formula is C18H26N4O. The molecule has 0 bridgehead atoms. The van der Waals surface area contributed by atoms with Gasteiger partial charge in [-0.15, -0.1) is 0 Å². The smallest absolute Gasteiger partial charge is 0.222 e. The van der Waals surface area contributed by atoms with E-state index in [0.717, 1.165) is 47.8 Å². The van der Waals surface area contributed by atoms with Gasteiger partial charge in [0.1, 0.15) is 11.6 Å². The Kier molecular flexibility index (Phi) is 5.79. The Morgan fingerprint density at radius 1 is 1.22 bits per heavy atom. The number of ether oxygens (including phenoxy) is 1.